The topological polar surface area (TPSA) is 101 Å². The van der Waals surface area contributed by atoms with Gasteiger partial charge in [-0.1, -0.05) is 48.5 Å². The van der Waals surface area contributed by atoms with Crippen LogP contribution >= 0.6 is 0 Å². The molecule has 35 heavy (non-hydrogen) atoms. The van der Waals surface area contributed by atoms with E-state index in [9.17, 15) is 14.7 Å². The van der Waals surface area contributed by atoms with Gasteiger partial charge in [0.05, 0.1) is 19.3 Å². The van der Waals surface area contributed by atoms with Crippen LogP contribution < -0.4 is 10.4 Å². The molecule has 2 aromatic carbocycles. The summed E-state index contributed by atoms with van der Waals surface area (Å²) in [6.45, 7) is 1.01. The molecular weight excluding hydrogens is 448 g/mol. The molecule has 4 heterocycles. The van der Waals surface area contributed by atoms with Gasteiger partial charge in [-0.05, 0) is 11.1 Å². The van der Waals surface area contributed by atoms with E-state index in [-0.39, 0.29) is 12.3 Å². The summed E-state index contributed by atoms with van der Waals surface area (Å²) < 4.78 is 13.3. The van der Waals surface area contributed by atoms with Gasteiger partial charge >= 0.3 is 0 Å². The smallest absolute Gasteiger partial charge is 0.278 e. The maximum atomic E-state index is 13.4. The number of benzene rings is 2. The van der Waals surface area contributed by atoms with E-state index >= 15 is 0 Å². The Morgan fingerprint density at radius 2 is 1.71 bits per heavy atom. The molecule has 2 aliphatic heterocycles. The van der Waals surface area contributed by atoms with E-state index in [0.29, 0.717) is 18.9 Å². The van der Waals surface area contributed by atoms with Crippen LogP contribution in [-0.2, 0) is 4.74 Å². The van der Waals surface area contributed by atoms with Crippen molar-refractivity contribution in [2.45, 2.75) is 12.2 Å². The van der Waals surface area contributed by atoms with Crippen LogP contribution in [-0.4, -0.2) is 51.5 Å². The molecule has 1 unspecified atom stereocenters. The number of amides is 1. The molecule has 9 heteroatoms. The number of aromatic hydroxyl groups is 1. The largest absolute Gasteiger partial charge is 0.502 e. The lowest BCUT2D eigenvalue weighted by Gasteiger charge is -2.51. The van der Waals surface area contributed by atoms with E-state index in [1.807, 2.05) is 53.5 Å². The van der Waals surface area contributed by atoms with Crippen LogP contribution in [0.2, 0.25) is 0 Å². The number of hydrogen-bond donors (Lipinski definition) is 1. The van der Waals surface area contributed by atoms with Crippen LogP contribution in [0.3, 0.4) is 0 Å². The first-order valence-corrected chi connectivity index (χ1v) is 11.4. The van der Waals surface area contributed by atoms with Gasteiger partial charge in [0.25, 0.3) is 5.91 Å². The summed E-state index contributed by atoms with van der Waals surface area (Å²) >= 11 is 0. The Morgan fingerprint density at radius 3 is 2.54 bits per heavy atom. The van der Waals surface area contributed by atoms with Gasteiger partial charge < -0.3 is 19.2 Å². The number of nitrogens with zero attached hydrogens (tertiary/aromatic N) is 4. The van der Waals surface area contributed by atoms with Crippen LogP contribution in [0.4, 0.5) is 0 Å². The lowest BCUT2D eigenvalue weighted by atomic mass is 9.92. The Morgan fingerprint density at radius 1 is 0.971 bits per heavy atom. The molecule has 0 bridgehead atoms. The lowest BCUT2D eigenvalue weighted by molar-refractivity contribution is -0.0196. The fraction of sp³-hybridized carbons (Fsp3) is 0.192. The summed E-state index contributed by atoms with van der Waals surface area (Å²) in [7, 11) is 0. The molecule has 1 fully saturated rings. The minimum atomic E-state index is -0.596. The van der Waals surface area contributed by atoms with Crippen LogP contribution in [0, 0.1) is 0 Å². The zero-order chi connectivity index (χ0) is 23.7. The van der Waals surface area contributed by atoms with Crippen LogP contribution in [0.25, 0.3) is 22.6 Å². The molecule has 0 saturated carbocycles. The Balaban J connectivity index is 1.57. The molecule has 1 amide bonds. The van der Waals surface area contributed by atoms with Gasteiger partial charge in [-0.25, -0.2) is 4.98 Å². The van der Waals surface area contributed by atoms with E-state index < -0.39 is 29.3 Å². The highest BCUT2D eigenvalue weighted by molar-refractivity contribution is 5.96. The third kappa shape index (κ3) is 2.69. The first-order chi connectivity index (χ1) is 17.1. The second-order valence-electron chi connectivity index (χ2n) is 8.76. The predicted octanol–water partition coefficient (Wildman–Crippen LogP) is 2.73. The Labute approximate surface area is 199 Å². The quantitative estimate of drug-likeness (QED) is 0.458. The lowest BCUT2D eigenvalue weighted by Crippen LogP contribution is -2.66. The molecule has 4 aromatic rings. The molecular formula is C26H20N4O5. The zero-order valence-corrected chi connectivity index (χ0v) is 18.5. The second-order valence-corrected chi connectivity index (χ2v) is 8.76. The number of fused-ring (bicyclic) bond motifs is 7. The predicted molar refractivity (Wildman–Crippen MR) is 125 cm³/mol. The number of carbonyl (C=O) groups is 1. The van der Waals surface area contributed by atoms with Crippen molar-refractivity contribution < 1.29 is 19.1 Å². The molecule has 3 aliphatic rings. The molecule has 1 N–H and O–H groups in total. The molecule has 0 spiro atoms. The molecule has 2 atom stereocenters. The van der Waals surface area contributed by atoms with Crippen molar-refractivity contribution >= 4 is 5.91 Å². The average Bonchev–Trinajstić information content (AvgIpc) is 3.34. The molecule has 9 nitrogen and oxygen atoms in total. The number of carbonyl (C=O) groups excluding carboxylic acids is 1. The summed E-state index contributed by atoms with van der Waals surface area (Å²) in [4.78, 5) is 32.0. The van der Waals surface area contributed by atoms with Gasteiger partial charge in [0.15, 0.2) is 23.6 Å². The summed E-state index contributed by atoms with van der Waals surface area (Å²) in [6, 6.07) is 16.8. The zero-order valence-electron chi connectivity index (χ0n) is 18.5. The normalized spacial score (nSPS) is 20.3. The number of hydrogen-bond acceptors (Lipinski definition) is 7. The molecule has 1 saturated heterocycles. The summed E-state index contributed by atoms with van der Waals surface area (Å²) in [5.74, 6) is -0.284. The minimum absolute atomic E-state index is 0.0513. The van der Waals surface area contributed by atoms with Crippen molar-refractivity contribution in [3.63, 3.8) is 0 Å². The van der Waals surface area contributed by atoms with Gasteiger partial charge in [-0.3, -0.25) is 19.3 Å². The minimum Gasteiger partial charge on any atom is -0.502 e. The average molecular weight is 468 g/mol. The Bertz CT molecular complexity index is 1500. The van der Waals surface area contributed by atoms with E-state index in [4.69, 9.17) is 9.15 Å². The summed E-state index contributed by atoms with van der Waals surface area (Å²) in [5.41, 5.74) is 3.78. The number of ether oxygens (including phenoxy) is 1. The number of pyridine rings is 1. The Hall–Kier alpha value is -4.37. The fourth-order valence-corrected chi connectivity index (χ4v) is 5.51. The van der Waals surface area contributed by atoms with E-state index in [1.165, 1.54) is 12.5 Å². The number of rotatable bonds is 1. The molecule has 7 rings (SSSR count). The molecule has 2 aromatic heterocycles. The molecule has 1 aliphatic carbocycles. The van der Waals surface area contributed by atoms with Crippen molar-refractivity contribution in [2.75, 3.05) is 24.8 Å². The van der Waals surface area contributed by atoms with Crippen LogP contribution in [0.5, 0.6) is 5.75 Å². The highest BCUT2D eigenvalue weighted by Crippen LogP contribution is 2.47. The number of morpholine rings is 1. The van der Waals surface area contributed by atoms with Crippen molar-refractivity contribution in [1.29, 1.82) is 0 Å². The summed E-state index contributed by atoms with van der Waals surface area (Å²) in [6.07, 6.45) is 2.54. The van der Waals surface area contributed by atoms with Crippen molar-refractivity contribution in [3.05, 3.63) is 94.2 Å². The van der Waals surface area contributed by atoms with Gasteiger partial charge in [0, 0.05) is 29.9 Å². The third-order valence-corrected chi connectivity index (χ3v) is 7.02. The monoisotopic (exact) mass is 468 g/mol. The standard InChI is InChI=1S/C26H20N4O5/c31-19-9-10-29-23(24(19)32)26(33)28-11-12-34-13-20(28)30(29)22-16-6-2-1-5-15(16)21-25(35-14-27-21)18-8-4-3-7-17(18)22/h1-10,14,20,22,32H,11-13H2/t20?,22-/m0/s1. The maximum Gasteiger partial charge on any atom is 0.278 e. The first-order valence-electron chi connectivity index (χ1n) is 11.4. The third-order valence-electron chi connectivity index (χ3n) is 7.02. The van der Waals surface area contributed by atoms with Crippen LogP contribution in [0.15, 0.2) is 76.4 Å². The second kappa shape index (κ2) is 7.31. The fourth-order valence-electron chi connectivity index (χ4n) is 5.51. The SMILES string of the molecule is O=C1c2c(O)c(=O)ccn2N([C@H]2c3ccccc3-c3ncoc3-c3ccccc32)C2COCCN12. The number of oxazole rings is 1. The van der Waals surface area contributed by atoms with Gasteiger partial charge in [0.2, 0.25) is 5.43 Å². The van der Waals surface area contributed by atoms with Crippen molar-refractivity contribution in [2.24, 2.45) is 0 Å². The highest BCUT2D eigenvalue weighted by atomic mass is 16.5. The molecule has 0 radical (unpaired) electrons. The van der Waals surface area contributed by atoms with Crippen LogP contribution in [0.1, 0.15) is 27.7 Å². The maximum absolute atomic E-state index is 13.4. The van der Waals surface area contributed by atoms with Crippen molar-refractivity contribution in [1.82, 2.24) is 14.6 Å². The van der Waals surface area contributed by atoms with E-state index in [1.54, 1.807) is 15.8 Å². The first kappa shape index (κ1) is 20.0. The van der Waals surface area contributed by atoms with Gasteiger partial charge in [0.1, 0.15) is 11.9 Å². The Kier molecular flexibility index (Phi) is 4.19. The van der Waals surface area contributed by atoms with Gasteiger partial charge in [-0.15, -0.1) is 0 Å². The summed E-state index contributed by atoms with van der Waals surface area (Å²) in [5, 5.41) is 12.7. The van der Waals surface area contributed by atoms with E-state index in [0.717, 1.165) is 27.9 Å². The van der Waals surface area contributed by atoms with E-state index in [2.05, 4.69) is 4.98 Å². The highest BCUT2D eigenvalue weighted by Gasteiger charge is 2.46. The number of aromatic nitrogens is 2. The van der Waals surface area contributed by atoms with Crippen molar-refractivity contribution in [3.8, 4) is 28.3 Å². The van der Waals surface area contributed by atoms with Gasteiger partial charge in [-0.2, -0.15) is 0 Å². The molecule has 174 valence electrons.